The Morgan fingerprint density at radius 2 is 1.40 bits per heavy atom. The van der Waals surface area contributed by atoms with E-state index in [0.717, 1.165) is 16.9 Å². The second-order valence-electron chi connectivity index (χ2n) is 4.06. The zero-order valence-electron chi connectivity index (χ0n) is 11.8. The Balaban J connectivity index is 2.37. The van der Waals surface area contributed by atoms with Crippen molar-refractivity contribution in [2.45, 2.75) is 0 Å². The predicted molar refractivity (Wildman–Crippen MR) is 79.3 cm³/mol. The lowest BCUT2D eigenvalue weighted by Gasteiger charge is -2.12. The molecule has 0 saturated carbocycles. The Morgan fingerprint density at radius 3 is 2.00 bits per heavy atom. The lowest BCUT2D eigenvalue weighted by molar-refractivity contribution is 0.348. The molecule has 0 aliphatic rings. The Hall–Kier alpha value is -2.49. The maximum absolute atomic E-state index is 5.38. The summed E-state index contributed by atoms with van der Waals surface area (Å²) in [6.07, 6.45) is 7.47. The van der Waals surface area contributed by atoms with Crippen molar-refractivity contribution in [1.82, 2.24) is 4.98 Å². The van der Waals surface area contributed by atoms with E-state index in [1.54, 1.807) is 33.7 Å². The number of methoxy groups -OCH3 is 3. The van der Waals surface area contributed by atoms with Crippen LogP contribution in [0.5, 0.6) is 17.2 Å². The van der Waals surface area contributed by atoms with Crippen LogP contribution in [0.3, 0.4) is 0 Å². The smallest absolute Gasteiger partial charge is 0.164 e. The van der Waals surface area contributed by atoms with Gasteiger partial charge >= 0.3 is 0 Å². The Labute approximate surface area is 118 Å². The average Bonchev–Trinajstić information content (AvgIpc) is 2.52. The van der Waals surface area contributed by atoms with Gasteiger partial charge in [0.1, 0.15) is 5.75 Å². The fourth-order valence-electron chi connectivity index (χ4n) is 1.84. The summed E-state index contributed by atoms with van der Waals surface area (Å²) >= 11 is 0. The zero-order valence-corrected chi connectivity index (χ0v) is 11.8. The fraction of sp³-hybridized carbons (Fsp3) is 0.188. The number of aromatic nitrogens is 1. The second kappa shape index (κ2) is 6.61. The molecule has 0 bridgehead atoms. The Kier molecular flexibility index (Phi) is 4.60. The van der Waals surface area contributed by atoms with E-state index in [9.17, 15) is 0 Å². The van der Waals surface area contributed by atoms with E-state index in [4.69, 9.17) is 14.2 Å². The van der Waals surface area contributed by atoms with Gasteiger partial charge in [0.15, 0.2) is 11.5 Å². The summed E-state index contributed by atoms with van der Waals surface area (Å²) in [7, 11) is 4.84. The average molecular weight is 271 g/mol. The molecule has 0 atom stereocenters. The van der Waals surface area contributed by atoms with Crippen LogP contribution in [0.2, 0.25) is 0 Å². The van der Waals surface area contributed by atoms with E-state index < -0.39 is 0 Å². The minimum atomic E-state index is 0.644. The summed E-state index contributed by atoms with van der Waals surface area (Å²) in [5.74, 6) is 2.04. The van der Waals surface area contributed by atoms with Gasteiger partial charge in [-0.15, -0.1) is 0 Å². The van der Waals surface area contributed by atoms with Crippen LogP contribution in [0.1, 0.15) is 11.1 Å². The highest BCUT2D eigenvalue weighted by Gasteiger charge is 2.09. The lowest BCUT2D eigenvalue weighted by atomic mass is 10.1. The Morgan fingerprint density at radius 1 is 0.800 bits per heavy atom. The molecule has 0 amide bonds. The van der Waals surface area contributed by atoms with Crippen LogP contribution in [0.15, 0.2) is 36.7 Å². The molecular weight excluding hydrogens is 254 g/mol. The molecule has 0 aliphatic carbocycles. The number of nitrogens with zero attached hydrogens (tertiary/aromatic N) is 1. The highest BCUT2D eigenvalue weighted by Crippen LogP contribution is 2.35. The van der Waals surface area contributed by atoms with Crippen LogP contribution < -0.4 is 14.2 Å². The quantitative estimate of drug-likeness (QED) is 0.836. The van der Waals surface area contributed by atoms with Crippen LogP contribution in [0.25, 0.3) is 12.2 Å². The normalized spacial score (nSPS) is 10.6. The predicted octanol–water partition coefficient (Wildman–Crippen LogP) is 3.28. The number of hydrogen-bond acceptors (Lipinski definition) is 4. The van der Waals surface area contributed by atoms with E-state index in [2.05, 4.69) is 4.98 Å². The van der Waals surface area contributed by atoms with Crippen LogP contribution in [-0.2, 0) is 0 Å². The lowest BCUT2D eigenvalue weighted by Crippen LogP contribution is -1.94. The monoisotopic (exact) mass is 271 g/mol. The summed E-state index contributed by atoms with van der Waals surface area (Å²) in [5, 5.41) is 0. The molecule has 0 fully saturated rings. The van der Waals surface area contributed by atoms with Gasteiger partial charge in [-0.25, -0.2) is 0 Å². The molecule has 4 heteroatoms. The topological polar surface area (TPSA) is 40.6 Å². The molecule has 1 aromatic heterocycles. The van der Waals surface area contributed by atoms with Crippen molar-refractivity contribution in [3.63, 3.8) is 0 Å². The standard InChI is InChI=1S/C16H17NO3/c1-18-14-11-16(20-3)15(19-2)10-13(14)5-4-12-6-8-17-9-7-12/h4-11H,1-3H3/b5-4+. The van der Waals surface area contributed by atoms with Crippen LogP contribution in [-0.4, -0.2) is 26.3 Å². The maximum Gasteiger partial charge on any atom is 0.164 e. The molecule has 0 saturated heterocycles. The van der Waals surface area contributed by atoms with Gasteiger partial charge in [0.05, 0.1) is 21.3 Å². The van der Waals surface area contributed by atoms with E-state index >= 15 is 0 Å². The second-order valence-corrected chi connectivity index (χ2v) is 4.06. The zero-order chi connectivity index (χ0) is 14.4. The fourth-order valence-corrected chi connectivity index (χ4v) is 1.84. The third-order valence-electron chi connectivity index (χ3n) is 2.90. The van der Waals surface area contributed by atoms with E-state index in [0.29, 0.717) is 11.5 Å². The van der Waals surface area contributed by atoms with Crippen molar-refractivity contribution in [3.05, 3.63) is 47.8 Å². The highest BCUT2D eigenvalue weighted by atomic mass is 16.5. The first-order chi connectivity index (χ1) is 9.78. The van der Waals surface area contributed by atoms with Gasteiger partial charge in [0, 0.05) is 24.0 Å². The molecule has 20 heavy (non-hydrogen) atoms. The van der Waals surface area contributed by atoms with E-state index in [1.807, 2.05) is 36.4 Å². The van der Waals surface area contributed by atoms with E-state index in [1.165, 1.54) is 0 Å². The van der Waals surface area contributed by atoms with Gasteiger partial charge in [-0.2, -0.15) is 0 Å². The summed E-state index contributed by atoms with van der Waals surface area (Å²) < 4.78 is 15.9. The molecule has 104 valence electrons. The minimum Gasteiger partial charge on any atom is -0.496 e. The summed E-state index contributed by atoms with van der Waals surface area (Å²) in [4.78, 5) is 3.99. The number of hydrogen-bond donors (Lipinski definition) is 0. The largest absolute Gasteiger partial charge is 0.496 e. The van der Waals surface area contributed by atoms with Crippen molar-refractivity contribution >= 4 is 12.2 Å². The van der Waals surface area contributed by atoms with Crippen molar-refractivity contribution in [2.75, 3.05) is 21.3 Å². The molecule has 2 rings (SSSR count). The number of pyridine rings is 1. The summed E-state index contributed by atoms with van der Waals surface area (Å²) in [6, 6.07) is 7.56. The van der Waals surface area contributed by atoms with Crippen molar-refractivity contribution in [1.29, 1.82) is 0 Å². The molecule has 0 spiro atoms. The third kappa shape index (κ3) is 3.09. The molecular formula is C16H17NO3. The first kappa shape index (κ1) is 13.9. The van der Waals surface area contributed by atoms with Crippen LogP contribution in [0, 0.1) is 0 Å². The number of benzene rings is 1. The van der Waals surface area contributed by atoms with Gasteiger partial charge in [-0.05, 0) is 23.8 Å². The number of rotatable bonds is 5. The maximum atomic E-state index is 5.38. The minimum absolute atomic E-state index is 0.644. The van der Waals surface area contributed by atoms with Gasteiger partial charge in [-0.3, -0.25) is 4.98 Å². The highest BCUT2D eigenvalue weighted by molar-refractivity contribution is 5.74. The van der Waals surface area contributed by atoms with Crippen LogP contribution >= 0.6 is 0 Å². The molecule has 0 radical (unpaired) electrons. The summed E-state index contributed by atoms with van der Waals surface area (Å²) in [6.45, 7) is 0. The Bertz CT molecular complexity index is 594. The molecule has 2 aromatic rings. The van der Waals surface area contributed by atoms with Crippen molar-refractivity contribution in [2.24, 2.45) is 0 Å². The van der Waals surface area contributed by atoms with Gasteiger partial charge in [0.25, 0.3) is 0 Å². The van der Waals surface area contributed by atoms with Crippen molar-refractivity contribution in [3.8, 4) is 17.2 Å². The molecule has 4 nitrogen and oxygen atoms in total. The molecule has 1 heterocycles. The molecule has 0 unspecified atom stereocenters. The molecule has 1 aromatic carbocycles. The first-order valence-electron chi connectivity index (χ1n) is 6.16. The SMILES string of the molecule is COc1cc(OC)c(OC)cc1/C=C/c1ccncc1. The van der Waals surface area contributed by atoms with Gasteiger partial charge < -0.3 is 14.2 Å². The summed E-state index contributed by atoms with van der Waals surface area (Å²) in [5.41, 5.74) is 1.99. The van der Waals surface area contributed by atoms with Gasteiger partial charge in [-0.1, -0.05) is 12.2 Å². The first-order valence-corrected chi connectivity index (χ1v) is 6.16. The molecule has 0 aliphatic heterocycles. The van der Waals surface area contributed by atoms with Crippen molar-refractivity contribution < 1.29 is 14.2 Å². The molecule has 0 N–H and O–H groups in total. The van der Waals surface area contributed by atoms with Gasteiger partial charge in [0.2, 0.25) is 0 Å². The van der Waals surface area contributed by atoms with E-state index in [-0.39, 0.29) is 0 Å². The van der Waals surface area contributed by atoms with Crippen LogP contribution in [0.4, 0.5) is 0 Å². The third-order valence-corrected chi connectivity index (χ3v) is 2.90. The number of ether oxygens (including phenoxy) is 3.